The Kier molecular flexibility index (Phi) is 6.54. The van der Waals surface area contributed by atoms with Crippen LogP contribution in [0.15, 0.2) is 31.1 Å². The quantitative estimate of drug-likeness (QED) is 0.477. The van der Waals surface area contributed by atoms with Gasteiger partial charge in [0.05, 0.1) is 49.4 Å². The van der Waals surface area contributed by atoms with E-state index in [0.29, 0.717) is 37.8 Å². The highest BCUT2D eigenvalue weighted by Crippen LogP contribution is 2.27. The fourth-order valence-electron chi connectivity index (χ4n) is 3.11. The third-order valence-electron chi connectivity index (χ3n) is 4.69. The average Bonchev–Trinajstić information content (AvgIpc) is 3.20. The molecule has 14 heteroatoms. The minimum atomic E-state index is -0.867. The SMILES string of the molecule is CNC(=O)c1c(NC(=O)Oc2nc(N3CCOCC3)cnc2Nc2cncnc2)cnn1C. The molecule has 0 aromatic carbocycles. The minimum absolute atomic E-state index is 0.0641. The smallest absolute Gasteiger partial charge is 0.387 e. The Morgan fingerprint density at radius 3 is 2.61 bits per heavy atom. The highest BCUT2D eigenvalue weighted by atomic mass is 16.6. The molecule has 2 amide bonds. The summed E-state index contributed by atoms with van der Waals surface area (Å²) >= 11 is 0. The lowest BCUT2D eigenvalue weighted by molar-refractivity contribution is 0.0954. The zero-order chi connectivity index (χ0) is 23.2. The molecule has 0 radical (unpaired) electrons. The summed E-state index contributed by atoms with van der Waals surface area (Å²) in [5, 5.41) is 12.0. The number of anilines is 4. The molecule has 33 heavy (non-hydrogen) atoms. The standard InChI is InChI=1S/C19H22N10O4/c1-20-17(30)15-13(9-24-28(15)2)26-19(31)33-18-16(25-12-7-21-11-22-8-12)23-10-14(27-18)29-3-5-32-6-4-29/h7-11H,3-6H2,1-2H3,(H,20,30)(H,23,25)(H,26,31). The molecule has 0 unspecified atom stereocenters. The number of aryl methyl sites for hydroxylation is 1. The number of rotatable bonds is 6. The normalized spacial score (nSPS) is 13.3. The third-order valence-corrected chi connectivity index (χ3v) is 4.69. The summed E-state index contributed by atoms with van der Waals surface area (Å²) < 4.78 is 12.2. The van der Waals surface area contributed by atoms with Crippen LogP contribution in [0.25, 0.3) is 0 Å². The number of nitrogens with one attached hydrogen (secondary N) is 3. The third kappa shape index (κ3) is 5.12. The van der Waals surface area contributed by atoms with Gasteiger partial charge in [0.15, 0.2) is 11.6 Å². The maximum atomic E-state index is 12.7. The number of amides is 2. The van der Waals surface area contributed by atoms with E-state index in [0.717, 1.165) is 0 Å². The predicted octanol–water partition coefficient (Wildman–Crippen LogP) is 0.551. The monoisotopic (exact) mass is 454 g/mol. The summed E-state index contributed by atoms with van der Waals surface area (Å²) in [5.41, 5.74) is 0.887. The second-order valence-corrected chi connectivity index (χ2v) is 6.86. The molecule has 0 saturated carbocycles. The molecule has 1 aliphatic rings. The molecule has 1 fully saturated rings. The number of carbonyl (C=O) groups is 2. The van der Waals surface area contributed by atoms with Gasteiger partial charge in [-0.15, -0.1) is 0 Å². The van der Waals surface area contributed by atoms with Gasteiger partial charge in [0, 0.05) is 27.2 Å². The molecule has 0 aliphatic carbocycles. The van der Waals surface area contributed by atoms with Crippen LogP contribution in [0.4, 0.5) is 27.8 Å². The number of nitrogens with zero attached hydrogens (tertiary/aromatic N) is 7. The zero-order valence-corrected chi connectivity index (χ0v) is 18.0. The summed E-state index contributed by atoms with van der Waals surface area (Å²) in [4.78, 5) is 43.5. The summed E-state index contributed by atoms with van der Waals surface area (Å²) in [7, 11) is 3.07. The first-order valence-electron chi connectivity index (χ1n) is 10.00. The molecule has 4 heterocycles. The number of hydrogen-bond acceptors (Lipinski definition) is 11. The summed E-state index contributed by atoms with van der Waals surface area (Å²) in [5.74, 6) is 0.245. The van der Waals surface area contributed by atoms with Crippen molar-refractivity contribution in [3.8, 4) is 5.88 Å². The van der Waals surface area contributed by atoms with Crippen LogP contribution in [0.5, 0.6) is 5.88 Å². The van der Waals surface area contributed by atoms with E-state index in [1.807, 2.05) is 4.90 Å². The van der Waals surface area contributed by atoms with Gasteiger partial charge < -0.3 is 25.0 Å². The molecule has 0 spiro atoms. The fraction of sp³-hybridized carbons (Fsp3) is 0.316. The number of aromatic nitrogens is 6. The van der Waals surface area contributed by atoms with Crippen molar-refractivity contribution >= 4 is 35.0 Å². The first-order chi connectivity index (χ1) is 16.0. The van der Waals surface area contributed by atoms with Gasteiger partial charge in [-0.05, 0) is 0 Å². The molecule has 3 aromatic rings. The van der Waals surface area contributed by atoms with Crippen molar-refractivity contribution in [2.75, 3.05) is 48.9 Å². The molecule has 3 N–H and O–H groups in total. The average molecular weight is 454 g/mol. The van der Waals surface area contributed by atoms with E-state index in [2.05, 4.69) is 41.0 Å². The predicted molar refractivity (Wildman–Crippen MR) is 117 cm³/mol. The highest BCUT2D eigenvalue weighted by Gasteiger charge is 2.22. The van der Waals surface area contributed by atoms with Crippen molar-refractivity contribution in [3.63, 3.8) is 0 Å². The number of carbonyl (C=O) groups excluding carboxylic acids is 2. The molecule has 0 atom stereocenters. The lowest BCUT2D eigenvalue weighted by Gasteiger charge is -2.27. The first-order valence-corrected chi connectivity index (χ1v) is 10.00. The topological polar surface area (TPSA) is 161 Å². The largest absolute Gasteiger partial charge is 0.418 e. The van der Waals surface area contributed by atoms with E-state index < -0.39 is 12.0 Å². The maximum absolute atomic E-state index is 12.7. The second kappa shape index (κ2) is 9.86. The molecule has 0 bridgehead atoms. The van der Waals surface area contributed by atoms with Crippen molar-refractivity contribution in [1.82, 2.24) is 35.0 Å². The van der Waals surface area contributed by atoms with E-state index in [-0.39, 0.29) is 23.1 Å². The molecule has 3 aromatic heterocycles. The fourth-order valence-corrected chi connectivity index (χ4v) is 3.11. The summed E-state index contributed by atoms with van der Waals surface area (Å²) in [6.07, 6.45) is 6.53. The van der Waals surface area contributed by atoms with Crippen molar-refractivity contribution in [3.05, 3.63) is 36.8 Å². The molecule has 1 aliphatic heterocycles. The maximum Gasteiger partial charge on any atom is 0.418 e. The molecule has 172 valence electrons. The lowest BCUT2D eigenvalue weighted by atomic mass is 10.3. The van der Waals surface area contributed by atoms with Crippen molar-refractivity contribution in [2.45, 2.75) is 0 Å². The Morgan fingerprint density at radius 1 is 1.12 bits per heavy atom. The van der Waals surface area contributed by atoms with Crippen molar-refractivity contribution in [1.29, 1.82) is 0 Å². The van der Waals surface area contributed by atoms with Crippen LogP contribution in [0.1, 0.15) is 10.5 Å². The zero-order valence-electron chi connectivity index (χ0n) is 18.0. The molecular weight excluding hydrogens is 432 g/mol. The van der Waals surface area contributed by atoms with Crippen molar-refractivity contribution < 1.29 is 19.1 Å². The van der Waals surface area contributed by atoms with Crippen LogP contribution in [0.2, 0.25) is 0 Å². The van der Waals surface area contributed by atoms with Gasteiger partial charge in [-0.25, -0.2) is 19.7 Å². The van der Waals surface area contributed by atoms with E-state index in [1.165, 1.54) is 24.3 Å². The minimum Gasteiger partial charge on any atom is -0.387 e. The van der Waals surface area contributed by atoms with E-state index >= 15 is 0 Å². The van der Waals surface area contributed by atoms with E-state index in [9.17, 15) is 9.59 Å². The summed E-state index contributed by atoms with van der Waals surface area (Å²) in [6.45, 7) is 2.38. The Bertz CT molecular complexity index is 1130. The van der Waals surface area contributed by atoms with Gasteiger partial charge in [-0.2, -0.15) is 10.1 Å². The van der Waals surface area contributed by atoms with Gasteiger partial charge in [0.25, 0.3) is 11.8 Å². The van der Waals surface area contributed by atoms with Crippen LogP contribution >= 0.6 is 0 Å². The van der Waals surface area contributed by atoms with Crippen LogP contribution in [0, 0.1) is 0 Å². The Labute approximate surface area is 188 Å². The van der Waals surface area contributed by atoms with Crippen LogP contribution in [-0.4, -0.2) is 75.1 Å². The lowest BCUT2D eigenvalue weighted by Crippen LogP contribution is -2.37. The van der Waals surface area contributed by atoms with E-state index in [1.54, 1.807) is 25.6 Å². The molecule has 1 saturated heterocycles. The van der Waals surface area contributed by atoms with E-state index in [4.69, 9.17) is 9.47 Å². The van der Waals surface area contributed by atoms with Gasteiger partial charge in [0.2, 0.25) is 0 Å². The Morgan fingerprint density at radius 2 is 1.88 bits per heavy atom. The molecule has 4 rings (SSSR count). The second-order valence-electron chi connectivity index (χ2n) is 6.86. The Balaban J connectivity index is 1.58. The Hall–Kier alpha value is -4.33. The molecule has 14 nitrogen and oxygen atoms in total. The van der Waals surface area contributed by atoms with Crippen LogP contribution in [0.3, 0.4) is 0 Å². The molecular formula is C19H22N10O4. The highest BCUT2D eigenvalue weighted by molar-refractivity contribution is 6.01. The van der Waals surface area contributed by atoms with Gasteiger partial charge in [0.1, 0.15) is 12.0 Å². The van der Waals surface area contributed by atoms with Gasteiger partial charge in [-0.3, -0.25) is 14.8 Å². The number of ether oxygens (including phenoxy) is 2. The summed E-state index contributed by atoms with van der Waals surface area (Å²) in [6, 6.07) is 0. The number of morpholine rings is 1. The van der Waals surface area contributed by atoms with Crippen LogP contribution < -0.4 is 25.6 Å². The first kappa shape index (κ1) is 21.9. The van der Waals surface area contributed by atoms with Crippen molar-refractivity contribution in [2.24, 2.45) is 7.05 Å². The number of hydrogen-bond donors (Lipinski definition) is 3. The van der Waals surface area contributed by atoms with Gasteiger partial charge in [-0.1, -0.05) is 0 Å². The van der Waals surface area contributed by atoms with Crippen LogP contribution in [-0.2, 0) is 11.8 Å². The van der Waals surface area contributed by atoms with Gasteiger partial charge >= 0.3 is 6.09 Å².